The van der Waals surface area contributed by atoms with E-state index in [-0.39, 0.29) is 12.5 Å². The van der Waals surface area contributed by atoms with Crippen LogP contribution >= 0.6 is 0 Å². The van der Waals surface area contributed by atoms with Crippen molar-refractivity contribution in [3.05, 3.63) is 10.1 Å². The molecule has 0 aliphatic heterocycles. The van der Waals surface area contributed by atoms with Gasteiger partial charge >= 0.3 is 0 Å². The van der Waals surface area contributed by atoms with Crippen LogP contribution in [-0.4, -0.2) is 41.4 Å². The summed E-state index contributed by atoms with van der Waals surface area (Å²) in [4.78, 5) is 25.3. The molecule has 0 saturated carbocycles. The van der Waals surface area contributed by atoms with Crippen LogP contribution in [0.15, 0.2) is 0 Å². The number of carbonyl (C=O) groups excluding carboxylic acids is 1. The van der Waals surface area contributed by atoms with Crippen LogP contribution in [0.4, 0.5) is 0 Å². The van der Waals surface area contributed by atoms with Gasteiger partial charge in [-0.2, -0.15) is 0 Å². The first-order valence-corrected chi connectivity index (χ1v) is 5.93. The largest absolute Gasteiger partial charge is 0.391 e. The molecule has 1 amide bonds. The van der Waals surface area contributed by atoms with E-state index in [1.165, 1.54) is 6.92 Å². The number of hydrogen-bond donors (Lipinski definition) is 3. The number of nitrogens with two attached hydrogens (primary N) is 1. The fraction of sp³-hybridized carbons (Fsp3) is 0.900. The Kier molecular flexibility index (Phi) is 8.85. The number of carbonyl (C=O) groups is 1. The number of amides is 1. The minimum Gasteiger partial charge on any atom is -0.391 e. The van der Waals surface area contributed by atoms with Crippen molar-refractivity contribution in [1.82, 2.24) is 5.32 Å². The Hall–Kier alpha value is -1.41. The van der Waals surface area contributed by atoms with Gasteiger partial charge in [-0.05, 0) is 19.8 Å². The highest BCUT2D eigenvalue weighted by Gasteiger charge is 2.17. The monoisotopic (exact) mass is 263 g/mol. The second-order valence-corrected chi connectivity index (χ2v) is 4.03. The van der Waals surface area contributed by atoms with Crippen LogP contribution in [0.5, 0.6) is 0 Å². The van der Waals surface area contributed by atoms with Gasteiger partial charge in [-0.15, -0.1) is 10.1 Å². The third-order valence-electron chi connectivity index (χ3n) is 2.39. The molecule has 2 unspecified atom stereocenters. The first kappa shape index (κ1) is 16.6. The molecule has 0 heterocycles. The van der Waals surface area contributed by atoms with Gasteiger partial charge in [0.25, 0.3) is 5.09 Å². The minimum absolute atomic E-state index is 0.103. The van der Waals surface area contributed by atoms with Crippen molar-refractivity contribution < 1.29 is 19.8 Å². The summed E-state index contributed by atoms with van der Waals surface area (Å²) in [5, 5.41) is 20.7. The van der Waals surface area contributed by atoms with Crippen LogP contribution in [0.25, 0.3) is 0 Å². The molecular weight excluding hydrogens is 242 g/mol. The zero-order chi connectivity index (χ0) is 14.0. The van der Waals surface area contributed by atoms with Gasteiger partial charge in [0.15, 0.2) is 0 Å². The highest BCUT2D eigenvalue weighted by molar-refractivity contribution is 5.81. The van der Waals surface area contributed by atoms with Crippen molar-refractivity contribution in [2.75, 3.05) is 13.2 Å². The van der Waals surface area contributed by atoms with E-state index >= 15 is 0 Å². The van der Waals surface area contributed by atoms with E-state index in [1.807, 2.05) is 0 Å². The number of rotatable bonds is 10. The molecule has 0 bridgehead atoms. The van der Waals surface area contributed by atoms with Gasteiger partial charge < -0.3 is 21.0 Å². The zero-order valence-corrected chi connectivity index (χ0v) is 10.5. The van der Waals surface area contributed by atoms with Gasteiger partial charge in [0.05, 0.1) is 12.7 Å². The molecule has 0 aromatic rings. The number of aliphatic hydroxyl groups is 1. The fourth-order valence-electron chi connectivity index (χ4n) is 1.27. The Morgan fingerprint density at radius 1 is 1.44 bits per heavy atom. The van der Waals surface area contributed by atoms with E-state index in [4.69, 9.17) is 10.8 Å². The van der Waals surface area contributed by atoms with Gasteiger partial charge in [-0.3, -0.25) is 4.79 Å². The second kappa shape index (κ2) is 9.60. The van der Waals surface area contributed by atoms with Crippen LogP contribution in [0, 0.1) is 10.1 Å². The molecular formula is C10H21N3O5. The van der Waals surface area contributed by atoms with E-state index in [1.54, 1.807) is 0 Å². The molecule has 0 radical (unpaired) electrons. The predicted octanol–water partition coefficient (Wildman–Crippen LogP) is -0.421. The quantitative estimate of drug-likeness (QED) is 0.279. The summed E-state index contributed by atoms with van der Waals surface area (Å²) in [6.45, 7) is 2.04. The van der Waals surface area contributed by atoms with Gasteiger partial charge in [-0.25, -0.2) is 0 Å². The average Bonchev–Trinajstić information content (AvgIpc) is 2.30. The molecule has 0 aliphatic rings. The lowest BCUT2D eigenvalue weighted by Crippen LogP contribution is -2.47. The van der Waals surface area contributed by atoms with Crippen molar-refractivity contribution in [1.29, 1.82) is 0 Å². The van der Waals surface area contributed by atoms with Crippen molar-refractivity contribution in [2.24, 2.45) is 5.73 Å². The van der Waals surface area contributed by atoms with Crippen LogP contribution in [0.1, 0.15) is 32.6 Å². The number of aliphatic hydroxyl groups excluding tert-OH is 1. The maximum atomic E-state index is 11.3. The third-order valence-corrected chi connectivity index (χ3v) is 2.39. The van der Waals surface area contributed by atoms with Gasteiger partial charge in [-0.1, -0.05) is 12.8 Å². The highest BCUT2D eigenvalue weighted by atomic mass is 16.9. The second-order valence-electron chi connectivity index (χ2n) is 4.03. The number of nitrogens with zero attached hydrogens (tertiary/aromatic N) is 1. The van der Waals surface area contributed by atoms with Gasteiger partial charge in [0.2, 0.25) is 5.91 Å². The minimum atomic E-state index is -0.904. The highest BCUT2D eigenvalue weighted by Crippen LogP contribution is 1.99. The van der Waals surface area contributed by atoms with Crippen molar-refractivity contribution in [3.8, 4) is 0 Å². The Morgan fingerprint density at radius 2 is 2.06 bits per heavy atom. The molecule has 8 heteroatoms. The predicted molar refractivity (Wildman–Crippen MR) is 64.1 cm³/mol. The van der Waals surface area contributed by atoms with Crippen LogP contribution in [-0.2, 0) is 9.63 Å². The maximum Gasteiger partial charge on any atom is 0.294 e. The maximum absolute atomic E-state index is 11.3. The summed E-state index contributed by atoms with van der Waals surface area (Å²) in [5.41, 5.74) is 5.43. The average molecular weight is 263 g/mol. The molecule has 18 heavy (non-hydrogen) atoms. The molecule has 4 N–H and O–H groups in total. The standard InChI is InChI=1S/C10H21N3O5/c1-8(14)9(11)10(15)12-6-4-2-3-5-7-18-13(16)17/h8-9,14H,2-7,11H2,1H3,(H,12,15). The molecule has 0 aromatic carbocycles. The molecule has 106 valence electrons. The van der Waals surface area contributed by atoms with Crippen LogP contribution < -0.4 is 11.1 Å². The molecule has 0 rings (SSSR count). The lowest BCUT2D eigenvalue weighted by Gasteiger charge is -2.14. The zero-order valence-electron chi connectivity index (χ0n) is 10.5. The van der Waals surface area contributed by atoms with Crippen molar-refractivity contribution >= 4 is 5.91 Å². The van der Waals surface area contributed by atoms with E-state index in [0.29, 0.717) is 13.0 Å². The molecule has 8 nitrogen and oxygen atoms in total. The summed E-state index contributed by atoms with van der Waals surface area (Å²) in [7, 11) is 0. The Balaban J connectivity index is 3.35. The van der Waals surface area contributed by atoms with E-state index in [0.717, 1.165) is 19.3 Å². The molecule has 0 saturated heterocycles. The summed E-state index contributed by atoms with van der Waals surface area (Å²) >= 11 is 0. The lowest BCUT2D eigenvalue weighted by molar-refractivity contribution is -0.757. The SMILES string of the molecule is CC(O)C(N)C(=O)NCCCCCCO[N+](=O)[O-]. The first-order valence-electron chi connectivity index (χ1n) is 5.93. The van der Waals surface area contributed by atoms with E-state index < -0.39 is 17.2 Å². The summed E-state index contributed by atoms with van der Waals surface area (Å²) in [6, 6.07) is -0.904. The van der Waals surface area contributed by atoms with Gasteiger partial charge in [0, 0.05) is 6.54 Å². The molecule has 2 atom stereocenters. The fourth-order valence-corrected chi connectivity index (χ4v) is 1.27. The third kappa shape index (κ3) is 8.71. The Morgan fingerprint density at radius 3 is 2.61 bits per heavy atom. The van der Waals surface area contributed by atoms with Crippen molar-refractivity contribution in [3.63, 3.8) is 0 Å². The normalized spacial score (nSPS) is 13.7. The molecule has 0 aliphatic carbocycles. The lowest BCUT2D eigenvalue weighted by atomic mass is 10.1. The number of unbranched alkanes of at least 4 members (excludes halogenated alkanes) is 3. The van der Waals surface area contributed by atoms with Gasteiger partial charge in [0.1, 0.15) is 6.04 Å². The number of nitrogens with one attached hydrogen (secondary N) is 1. The molecule has 0 spiro atoms. The summed E-state index contributed by atoms with van der Waals surface area (Å²) in [5.74, 6) is -0.373. The van der Waals surface area contributed by atoms with Crippen LogP contribution in [0.3, 0.4) is 0 Å². The molecule has 0 fully saturated rings. The molecule has 0 aromatic heterocycles. The van der Waals surface area contributed by atoms with E-state index in [9.17, 15) is 14.9 Å². The topological polar surface area (TPSA) is 128 Å². The smallest absolute Gasteiger partial charge is 0.294 e. The first-order chi connectivity index (χ1) is 8.45. The summed E-state index contributed by atoms with van der Waals surface area (Å²) < 4.78 is 0. The Bertz CT molecular complexity index is 260. The summed E-state index contributed by atoms with van der Waals surface area (Å²) in [6.07, 6.45) is 2.14. The Labute approximate surface area is 106 Å². The van der Waals surface area contributed by atoms with Crippen LogP contribution in [0.2, 0.25) is 0 Å². The number of hydrogen-bond acceptors (Lipinski definition) is 6. The van der Waals surface area contributed by atoms with E-state index in [2.05, 4.69) is 10.2 Å². The van der Waals surface area contributed by atoms with Crippen molar-refractivity contribution in [2.45, 2.75) is 44.8 Å².